The summed E-state index contributed by atoms with van der Waals surface area (Å²) in [5.74, 6) is 0. The van der Waals surface area contributed by atoms with Crippen LogP contribution in [-0.2, 0) is 34.1 Å². The van der Waals surface area contributed by atoms with E-state index in [1.807, 2.05) is 20.8 Å². The fourth-order valence-electron chi connectivity index (χ4n) is 4.72. The number of nitrogens with zero attached hydrogens (tertiary/aromatic N) is 6. The summed E-state index contributed by atoms with van der Waals surface area (Å²) < 4.78 is 3.42. The molecule has 18 nitrogen and oxygen atoms in total. The summed E-state index contributed by atoms with van der Waals surface area (Å²) in [6.45, 7) is 12.7. The van der Waals surface area contributed by atoms with Crippen LogP contribution in [0, 0.1) is 0 Å². The van der Waals surface area contributed by atoms with E-state index in [0.717, 1.165) is 33.0 Å². The lowest BCUT2D eigenvalue weighted by molar-refractivity contribution is 0.149. The van der Waals surface area contributed by atoms with Gasteiger partial charge in [-0.05, 0) is 78.6 Å². The molecule has 0 unspecified atom stereocenters. The number of carbonyl (C=O) groups excluding carboxylic acids is 3. The van der Waals surface area contributed by atoms with Gasteiger partial charge in [-0.1, -0.05) is 74.8 Å². The van der Waals surface area contributed by atoms with Crippen LogP contribution in [0.15, 0.2) is 29.9 Å². The molecule has 0 bridgehead atoms. The lowest BCUT2D eigenvalue weighted by Crippen LogP contribution is -2.54. The number of oxime groups is 3. The van der Waals surface area contributed by atoms with Crippen LogP contribution in [0.4, 0.5) is 14.4 Å². The fraction of sp³-hybridized carbons (Fsp3) is 0.750. The molecule has 1 aromatic heterocycles. The second kappa shape index (κ2) is 28.7. The van der Waals surface area contributed by atoms with Crippen molar-refractivity contribution in [2.75, 3.05) is 19.6 Å². The molecule has 3 amide bonds. The summed E-state index contributed by atoms with van der Waals surface area (Å²) >= 11 is 0. The van der Waals surface area contributed by atoms with E-state index >= 15 is 0 Å². The molecule has 0 spiro atoms. The lowest BCUT2D eigenvalue weighted by Gasteiger charge is -2.14. The van der Waals surface area contributed by atoms with Gasteiger partial charge >= 0.3 is 35.3 Å². The number of rotatable bonds is 27. The van der Waals surface area contributed by atoms with Crippen LogP contribution in [0.2, 0.25) is 0 Å². The van der Waals surface area contributed by atoms with Gasteiger partial charge in [0.05, 0.1) is 17.1 Å². The maximum absolute atomic E-state index is 13.4. The Morgan fingerprint density at radius 2 is 0.685 bits per heavy atom. The highest BCUT2D eigenvalue weighted by atomic mass is 16.7. The Labute approximate surface area is 317 Å². The molecule has 3 N–H and O–H groups in total. The van der Waals surface area contributed by atoms with Gasteiger partial charge in [0.25, 0.3) is 0 Å². The van der Waals surface area contributed by atoms with Crippen molar-refractivity contribution in [3.8, 4) is 0 Å². The van der Waals surface area contributed by atoms with Crippen LogP contribution in [0.1, 0.15) is 138 Å². The van der Waals surface area contributed by atoms with E-state index < -0.39 is 35.3 Å². The Bertz CT molecular complexity index is 1350. The van der Waals surface area contributed by atoms with Crippen molar-refractivity contribution in [1.29, 1.82) is 0 Å². The zero-order chi connectivity index (χ0) is 40.1. The molecule has 0 aliphatic carbocycles. The zero-order valence-electron chi connectivity index (χ0n) is 33.2. The highest BCUT2D eigenvalue weighted by Crippen LogP contribution is 2.04. The molecule has 0 aliphatic rings. The normalized spacial score (nSPS) is 12.0. The summed E-state index contributed by atoms with van der Waals surface area (Å²) in [4.78, 5) is 89.9. The van der Waals surface area contributed by atoms with E-state index in [2.05, 4.69) is 31.4 Å². The smallest absolute Gasteiger partial charge is 0.320 e. The topological polar surface area (TPSA) is 218 Å². The third-order valence-electron chi connectivity index (χ3n) is 8.51. The van der Waals surface area contributed by atoms with E-state index in [-0.39, 0.29) is 19.6 Å². The van der Waals surface area contributed by atoms with Crippen LogP contribution in [0.3, 0.4) is 0 Å². The molecular weight excluding hydrogens is 702 g/mol. The Morgan fingerprint density at radius 3 is 0.926 bits per heavy atom. The first kappa shape index (κ1) is 47.3. The summed E-state index contributed by atoms with van der Waals surface area (Å²) in [5, 5.41) is 19.1. The molecule has 18 heteroatoms. The van der Waals surface area contributed by atoms with Crippen molar-refractivity contribution >= 4 is 35.4 Å². The van der Waals surface area contributed by atoms with Crippen molar-refractivity contribution in [1.82, 2.24) is 29.7 Å². The Morgan fingerprint density at radius 1 is 0.444 bits per heavy atom. The van der Waals surface area contributed by atoms with Crippen LogP contribution < -0.4 is 33.0 Å². The largest absolute Gasteiger partial charge is 0.433 e. The van der Waals surface area contributed by atoms with Crippen LogP contribution >= 0.6 is 0 Å². The minimum atomic E-state index is -0.627. The first-order valence-electron chi connectivity index (χ1n) is 19.3. The van der Waals surface area contributed by atoms with E-state index in [0.29, 0.717) is 114 Å². The van der Waals surface area contributed by atoms with Crippen molar-refractivity contribution in [2.45, 2.75) is 157 Å². The maximum atomic E-state index is 13.4. The third-order valence-corrected chi connectivity index (χ3v) is 8.51. The van der Waals surface area contributed by atoms with Gasteiger partial charge in [-0.3, -0.25) is 14.5 Å². The van der Waals surface area contributed by atoms with E-state index in [1.54, 1.807) is 20.8 Å². The lowest BCUT2D eigenvalue weighted by atomic mass is 10.2. The van der Waals surface area contributed by atoms with E-state index in [4.69, 9.17) is 14.5 Å². The van der Waals surface area contributed by atoms with Crippen molar-refractivity contribution in [3.63, 3.8) is 0 Å². The molecule has 54 heavy (non-hydrogen) atoms. The maximum Gasteiger partial charge on any atom is 0.433 e. The molecule has 306 valence electrons. The molecule has 0 atom stereocenters. The molecular formula is C36H63N9O9. The molecule has 1 aromatic rings. The Kier molecular flexibility index (Phi) is 25.1. The van der Waals surface area contributed by atoms with Crippen LogP contribution in [0.25, 0.3) is 0 Å². The van der Waals surface area contributed by atoms with Gasteiger partial charge in [0, 0.05) is 39.3 Å². The number of carbonyl (C=O) groups is 3. The number of unbranched alkanes of at least 4 members (excludes halogenated alkanes) is 9. The van der Waals surface area contributed by atoms with Crippen molar-refractivity contribution in [3.05, 3.63) is 31.5 Å². The zero-order valence-corrected chi connectivity index (χ0v) is 33.2. The van der Waals surface area contributed by atoms with Gasteiger partial charge in [-0.15, -0.1) is 0 Å². The third kappa shape index (κ3) is 20.5. The van der Waals surface area contributed by atoms with Gasteiger partial charge in [0.1, 0.15) is 0 Å². The molecule has 0 saturated heterocycles. The molecule has 0 aromatic carbocycles. The second-order valence-electron chi connectivity index (χ2n) is 13.0. The monoisotopic (exact) mass is 765 g/mol. The summed E-state index contributed by atoms with van der Waals surface area (Å²) in [6, 6.07) is 0. The quantitative estimate of drug-likeness (QED) is 0.0452. The second-order valence-corrected chi connectivity index (χ2v) is 13.0. The molecule has 0 aliphatic heterocycles. The number of nitrogens with one attached hydrogen (secondary N) is 3. The van der Waals surface area contributed by atoms with E-state index in [1.165, 1.54) is 0 Å². The van der Waals surface area contributed by atoms with Crippen molar-refractivity contribution < 1.29 is 28.9 Å². The first-order chi connectivity index (χ1) is 25.9. The predicted octanol–water partition coefficient (Wildman–Crippen LogP) is 5.39. The predicted molar refractivity (Wildman–Crippen MR) is 208 cm³/mol. The molecule has 1 heterocycles. The van der Waals surface area contributed by atoms with E-state index in [9.17, 15) is 28.8 Å². The molecule has 1 rings (SSSR count). The molecule has 0 radical (unpaired) electrons. The highest BCUT2D eigenvalue weighted by Gasteiger charge is 2.15. The summed E-state index contributed by atoms with van der Waals surface area (Å²) in [6.07, 6.45) is 8.18. The average molecular weight is 766 g/mol. The van der Waals surface area contributed by atoms with Gasteiger partial charge in [-0.2, -0.15) is 0 Å². The number of hydrogen-bond donors (Lipinski definition) is 3. The van der Waals surface area contributed by atoms with Gasteiger partial charge in [-0.25, -0.2) is 42.5 Å². The summed E-state index contributed by atoms with van der Waals surface area (Å²) in [7, 11) is 0. The number of amides is 3. The van der Waals surface area contributed by atoms with Crippen LogP contribution in [-0.4, -0.2) is 68.8 Å². The van der Waals surface area contributed by atoms with Gasteiger partial charge in [0.2, 0.25) is 0 Å². The fourth-order valence-corrected chi connectivity index (χ4v) is 4.72. The number of aromatic nitrogens is 3. The van der Waals surface area contributed by atoms with Gasteiger partial charge in [0.15, 0.2) is 0 Å². The SMILES string of the molecule is CCC(C)=NOC(=O)NCCCCCCn1c(=O)n(CCCCCCNC(=O)ON=C(C)CC)c(=O)n(CCCCCCNC(=O)ON=C(C)CC)c1=O. The molecule has 0 fully saturated rings. The Balaban J connectivity index is 2.76. The minimum absolute atomic E-state index is 0.158. The van der Waals surface area contributed by atoms with Crippen molar-refractivity contribution in [2.24, 2.45) is 15.5 Å². The first-order valence-corrected chi connectivity index (χ1v) is 19.3. The number of hydrogen-bond acceptors (Lipinski definition) is 12. The minimum Gasteiger partial charge on any atom is -0.320 e. The highest BCUT2D eigenvalue weighted by molar-refractivity contribution is 5.82. The summed E-state index contributed by atoms with van der Waals surface area (Å²) in [5.41, 5.74) is 0.244. The van der Waals surface area contributed by atoms with Gasteiger partial charge < -0.3 is 16.0 Å². The average Bonchev–Trinajstić information content (AvgIpc) is 3.16. The van der Waals surface area contributed by atoms with Crippen LogP contribution in [0.5, 0.6) is 0 Å². The molecule has 0 saturated carbocycles. The standard InChI is InChI=1S/C36H63N9O9/c1-7-28(4)40-52-31(46)37-22-16-10-13-19-25-43-34(49)44(26-20-14-11-17-23-38-32(47)53-41-29(5)8-2)36(51)45(35(43)50)27-21-15-12-18-24-39-33(48)54-42-30(6)9-3/h7-27H2,1-6H3,(H,37,46)(H,38,47)(H,39,48). The Hall–Kier alpha value is -4.77.